The van der Waals surface area contributed by atoms with Crippen LogP contribution in [0.15, 0.2) is 0 Å². The van der Waals surface area contributed by atoms with Crippen LogP contribution in [0.5, 0.6) is 0 Å². The molecule has 0 rings (SSSR count). The van der Waals surface area contributed by atoms with E-state index in [1.165, 1.54) is 32.1 Å². The monoisotopic (exact) mass is 398 g/mol. The van der Waals surface area contributed by atoms with Gasteiger partial charge in [0.15, 0.2) is 0 Å². The molecule has 6 nitrogen and oxygen atoms in total. The molecule has 0 saturated heterocycles. The molecule has 0 bridgehead atoms. The average molecular weight is 399 g/mol. The smallest absolute Gasteiger partial charge is 0.303 e. The Kier molecular flexibility index (Phi) is 19.0. The third-order valence-corrected chi connectivity index (χ3v) is 4.80. The highest BCUT2D eigenvalue weighted by atomic mass is 16.4. The van der Waals surface area contributed by atoms with Crippen molar-refractivity contribution in [1.82, 2.24) is 10.6 Å². The minimum atomic E-state index is -0.766. The molecule has 0 aliphatic heterocycles. The van der Waals surface area contributed by atoms with Gasteiger partial charge in [-0.25, -0.2) is 0 Å². The van der Waals surface area contributed by atoms with Gasteiger partial charge in [-0.2, -0.15) is 0 Å². The average Bonchev–Trinajstić information content (AvgIpc) is 2.66. The number of hydrogen-bond donors (Lipinski definition) is 3. The maximum absolute atomic E-state index is 11.7. The van der Waals surface area contributed by atoms with E-state index < -0.39 is 5.97 Å². The van der Waals surface area contributed by atoms with E-state index in [4.69, 9.17) is 5.11 Å². The largest absolute Gasteiger partial charge is 0.481 e. The summed E-state index contributed by atoms with van der Waals surface area (Å²) in [5, 5.41) is 14.4. The molecule has 0 atom stereocenters. The summed E-state index contributed by atoms with van der Waals surface area (Å²) in [6.07, 6.45) is 14.9. The zero-order valence-corrected chi connectivity index (χ0v) is 17.9. The first-order valence-corrected chi connectivity index (χ1v) is 11.3. The number of carbonyl (C=O) groups is 3. The quantitative estimate of drug-likeness (QED) is 0.262. The molecule has 0 radical (unpaired) electrons. The van der Waals surface area contributed by atoms with Gasteiger partial charge in [-0.1, -0.05) is 58.3 Å². The zero-order valence-electron chi connectivity index (χ0n) is 17.9. The zero-order chi connectivity index (χ0) is 20.9. The van der Waals surface area contributed by atoms with Crippen molar-refractivity contribution in [2.75, 3.05) is 13.1 Å². The molecule has 0 saturated carbocycles. The standard InChI is InChI=1S/C22H42N2O4/c1-2-3-4-5-6-7-10-15-20(25)23-18-13-8-11-16-21(26)24-19-14-9-12-17-22(27)28/h2-19H2,1H3,(H,23,25)(H,24,26)(H,27,28). The third kappa shape index (κ3) is 20.7. The number of nitrogens with one attached hydrogen (secondary N) is 2. The Labute approximate surface area is 171 Å². The first-order chi connectivity index (χ1) is 13.6. The SMILES string of the molecule is CCCCCCCCCC(=O)NCCCCCC(=O)NCCCCCC(=O)O. The molecule has 0 aliphatic rings. The predicted molar refractivity (Wildman–Crippen MR) is 113 cm³/mol. The van der Waals surface area contributed by atoms with Crippen molar-refractivity contribution in [3.05, 3.63) is 0 Å². The molecular weight excluding hydrogens is 356 g/mol. The van der Waals surface area contributed by atoms with Crippen molar-refractivity contribution in [2.24, 2.45) is 0 Å². The summed E-state index contributed by atoms with van der Waals surface area (Å²) in [5.41, 5.74) is 0. The van der Waals surface area contributed by atoms with E-state index in [2.05, 4.69) is 17.6 Å². The highest BCUT2D eigenvalue weighted by Crippen LogP contribution is 2.08. The molecule has 0 aromatic heterocycles. The second kappa shape index (κ2) is 20.2. The Morgan fingerprint density at radius 1 is 0.571 bits per heavy atom. The molecule has 3 N–H and O–H groups in total. The summed E-state index contributed by atoms with van der Waals surface area (Å²) < 4.78 is 0. The lowest BCUT2D eigenvalue weighted by molar-refractivity contribution is -0.137. The maximum Gasteiger partial charge on any atom is 0.303 e. The fraction of sp³-hybridized carbons (Fsp3) is 0.864. The van der Waals surface area contributed by atoms with E-state index >= 15 is 0 Å². The second-order valence-electron chi connectivity index (χ2n) is 7.59. The molecule has 28 heavy (non-hydrogen) atoms. The van der Waals surface area contributed by atoms with Crippen LogP contribution < -0.4 is 10.6 Å². The Morgan fingerprint density at radius 2 is 0.964 bits per heavy atom. The van der Waals surface area contributed by atoms with E-state index in [1.807, 2.05) is 0 Å². The number of carboxylic acid groups (broad SMARTS) is 1. The Bertz CT molecular complexity index is 413. The summed E-state index contributed by atoms with van der Waals surface area (Å²) in [5.74, 6) is -0.562. The lowest BCUT2D eigenvalue weighted by atomic mass is 10.1. The topological polar surface area (TPSA) is 95.5 Å². The van der Waals surface area contributed by atoms with Crippen LogP contribution in [0.1, 0.15) is 110 Å². The van der Waals surface area contributed by atoms with Crippen molar-refractivity contribution < 1.29 is 19.5 Å². The highest BCUT2D eigenvalue weighted by Gasteiger charge is 2.03. The van der Waals surface area contributed by atoms with Crippen LogP contribution >= 0.6 is 0 Å². The van der Waals surface area contributed by atoms with Crippen LogP contribution in [0, 0.1) is 0 Å². The van der Waals surface area contributed by atoms with E-state index in [0.29, 0.717) is 32.4 Å². The molecule has 0 aromatic rings. The Morgan fingerprint density at radius 3 is 1.43 bits per heavy atom. The molecule has 0 aliphatic carbocycles. The van der Waals surface area contributed by atoms with Gasteiger partial charge in [-0.15, -0.1) is 0 Å². The number of carboxylic acids is 1. The first-order valence-electron chi connectivity index (χ1n) is 11.3. The van der Waals surface area contributed by atoms with Gasteiger partial charge >= 0.3 is 5.97 Å². The highest BCUT2D eigenvalue weighted by molar-refractivity contribution is 5.76. The van der Waals surface area contributed by atoms with Gasteiger partial charge in [-0.05, 0) is 32.1 Å². The first kappa shape index (κ1) is 26.4. The van der Waals surface area contributed by atoms with Crippen molar-refractivity contribution in [1.29, 1.82) is 0 Å². The molecule has 0 fully saturated rings. The van der Waals surface area contributed by atoms with Gasteiger partial charge in [-0.3, -0.25) is 14.4 Å². The number of carbonyl (C=O) groups excluding carboxylic acids is 2. The molecule has 164 valence electrons. The fourth-order valence-electron chi connectivity index (χ4n) is 3.04. The molecular formula is C22H42N2O4. The summed E-state index contributed by atoms with van der Waals surface area (Å²) in [6, 6.07) is 0. The molecule has 0 aromatic carbocycles. The second-order valence-corrected chi connectivity index (χ2v) is 7.59. The van der Waals surface area contributed by atoms with Crippen LogP contribution in [-0.2, 0) is 14.4 Å². The van der Waals surface area contributed by atoms with E-state index in [1.54, 1.807) is 0 Å². The van der Waals surface area contributed by atoms with Crippen molar-refractivity contribution in [3.63, 3.8) is 0 Å². The van der Waals surface area contributed by atoms with Gasteiger partial charge in [0.2, 0.25) is 11.8 Å². The van der Waals surface area contributed by atoms with E-state index in [9.17, 15) is 14.4 Å². The van der Waals surface area contributed by atoms with Crippen LogP contribution in [0.2, 0.25) is 0 Å². The van der Waals surface area contributed by atoms with Crippen LogP contribution in [-0.4, -0.2) is 36.0 Å². The number of amides is 2. The minimum Gasteiger partial charge on any atom is -0.481 e. The lowest BCUT2D eigenvalue weighted by Crippen LogP contribution is -2.25. The van der Waals surface area contributed by atoms with Gasteiger partial charge < -0.3 is 15.7 Å². The van der Waals surface area contributed by atoms with Crippen molar-refractivity contribution in [3.8, 4) is 0 Å². The fourth-order valence-corrected chi connectivity index (χ4v) is 3.04. The summed E-state index contributed by atoms with van der Waals surface area (Å²) in [6.45, 7) is 3.53. The minimum absolute atomic E-state index is 0.0567. The van der Waals surface area contributed by atoms with E-state index in [-0.39, 0.29) is 18.2 Å². The number of aliphatic carboxylic acids is 1. The molecule has 6 heteroatoms. The molecule has 0 spiro atoms. The van der Waals surface area contributed by atoms with Gasteiger partial charge in [0.25, 0.3) is 0 Å². The Hall–Kier alpha value is -1.59. The van der Waals surface area contributed by atoms with Gasteiger partial charge in [0.05, 0.1) is 0 Å². The third-order valence-electron chi connectivity index (χ3n) is 4.80. The summed E-state index contributed by atoms with van der Waals surface area (Å²) in [7, 11) is 0. The van der Waals surface area contributed by atoms with Crippen LogP contribution in [0.4, 0.5) is 0 Å². The normalized spacial score (nSPS) is 10.6. The summed E-state index contributed by atoms with van der Waals surface area (Å²) in [4.78, 5) is 33.8. The van der Waals surface area contributed by atoms with Crippen molar-refractivity contribution in [2.45, 2.75) is 110 Å². The predicted octanol–water partition coefficient (Wildman–Crippen LogP) is 4.56. The number of rotatable bonds is 20. The van der Waals surface area contributed by atoms with Crippen molar-refractivity contribution >= 4 is 17.8 Å². The molecule has 2 amide bonds. The lowest BCUT2D eigenvalue weighted by Gasteiger charge is -2.06. The van der Waals surface area contributed by atoms with Crippen LogP contribution in [0.25, 0.3) is 0 Å². The summed E-state index contributed by atoms with van der Waals surface area (Å²) >= 11 is 0. The number of hydrogen-bond acceptors (Lipinski definition) is 3. The molecule has 0 unspecified atom stereocenters. The van der Waals surface area contributed by atoms with Gasteiger partial charge in [0, 0.05) is 32.4 Å². The number of unbranched alkanes of at least 4 members (excludes halogenated alkanes) is 10. The van der Waals surface area contributed by atoms with Gasteiger partial charge in [0.1, 0.15) is 0 Å². The van der Waals surface area contributed by atoms with Crippen LogP contribution in [0.3, 0.4) is 0 Å². The Balaban J connectivity index is 3.31. The van der Waals surface area contributed by atoms with E-state index in [0.717, 1.165) is 44.9 Å². The molecule has 0 heterocycles. The maximum atomic E-state index is 11.7.